The zero-order chi connectivity index (χ0) is 13.4. The monoisotopic (exact) mass is 258 g/mol. The lowest BCUT2D eigenvalue weighted by atomic mass is 10.1. The van der Waals surface area contributed by atoms with Crippen LogP contribution in [0.25, 0.3) is 0 Å². The van der Waals surface area contributed by atoms with E-state index in [2.05, 4.69) is 5.32 Å². The molecule has 1 amide bonds. The summed E-state index contributed by atoms with van der Waals surface area (Å²) >= 11 is 0. The van der Waals surface area contributed by atoms with Crippen LogP contribution in [-0.4, -0.2) is 5.91 Å². The second-order valence-electron chi connectivity index (χ2n) is 4.27. The number of anilines is 2. The summed E-state index contributed by atoms with van der Waals surface area (Å²) in [5.41, 5.74) is 6.85. The van der Waals surface area contributed by atoms with Crippen molar-refractivity contribution in [2.75, 3.05) is 11.1 Å². The Morgan fingerprint density at radius 1 is 1.21 bits per heavy atom. The standard InChI is InChI=1S/C14H11FN2O2/c15-9-6-10(16)13-11(7-9)17-14(18)12(19-13)8-4-2-1-3-5-8/h1-7,12H,16H2,(H,17,18). The summed E-state index contributed by atoms with van der Waals surface area (Å²) in [7, 11) is 0. The molecule has 1 aliphatic heterocycles. The molecule has 0 spiro atoms. The van der Waals surface area contributed by atoms with Gasteiger partial charge in [-0.3, -0.25) is 4.79 Å². The van der Waals surface area contributed by atoms with Gasteiger partial charge in [0.05, 0.1) is 11.4 Å². The van der Waals surface area contributed by atoms with E-state index < -0.39 is 11.9 Å². The molecule has 0 aromatic heterocycles. The number of amides is 1. The Morgan fingerprint density at radius 2 is 1.95 bits per heavy atom. The second-order valence-corrected chi connectivity index (χ2v) is 4.27. The number of halogens is 1. The van der Waals surface area contributed by atoms with Gasteiger partial charge < -0.3 is 15.8 Å². The van der Waals surface area contributed by atoms with Crippen molar-refractivity contribution in [1.82, 2.24) is 0 Å². The number of nitrogens with two attached hydrogens (primary N) is 1. The van der Waals surface area contributed by atoms with Crippen molar-refractivity contribution >= 4 is 17.3 Å². The van der Waals surface area contributed by atoms with Crippen LogP contribution in [0.5, 0.6) is 5.75 Å². The van der Waals surface area contributed by atoms with E-state index in [9.17, 15) is 9.18 Å². The molecule has 0 saturated heterocycles. The maximum absolute atomic E-state index is 13.2. The predicted octanol–water partition coefficient (Wildman–Crippen LogP) is 2.48. The molecule has 1 unspecified atom stereocenters. The predicted molar refractivity (Wildman–Crippen MR) is 69.3 cm³/mol. The fraction of sp³-hybridized carbons (Fsp3) is 0.0714. The van der Waals surface area contributed by atoms with Gasteiger partial charge in [-0.25, -0.2) is 4.39 Å². The number of benzene rings is 2. The van der Waals surface area contributed by atoms with E-state index in [0.717, 1.165) is 5.56 Å². The first-order valence-electron chi connectivity index (χ1n) is 5.76. The molecule has 0 bridgehead atoms. The molecule has 0 aliphatic carbocycles. The van der Waals surface area contributed by atoms with E-state index in [0.29, 0.717) is 5.75 Å². The van der Waals surface area contributed by atoms with Crippen LogP contribution < -0.4 is 15.8 Å². The SMILES string of the molecule is Nc1cc(F)cc2c1OC(c1ccccc1)C(=O)N2. The van der Waals surface area contributed by atoms with Gasteiger partial charge in [0.2, 0.25) is 6.10 Å². The molecular formula is C14H11FN2O2. The summed E-state index contributed by atoms with van der Waals surface area (Å²) in [5, 5.41) is 2.61. The lowest BCUT2D eigenvalue weighted by Crippen LogP contribution is -2.30. The van der Waals surface area contributed by atoms with E-state index in [1.165, 1.54) is 12.1 Å². The number of fused-ring (bicyclic) bond motifs is 1. The van der Waals surface area contributed by atoms with E-state index >= 15 is 0 Å². The van der Waals surface area contributed by atoms with Crippen molar-refractivity contribution < 1.29 is 13.9 Å². The Bertz CT molecular complexity index is 643. The van der Waals surface area contributed by atoms with Gasteiger partial charge in [-0.2, -0.15) is 0 Å². The van der Waals surface area contributed by atoms with Gasteiger partial charge in [0.1, 0.15) is 5.82 Å². The summed E-state index contributed by atoms with van der Waals surface area (Å²) in [5.74, 6) is -0.558. The van der Waals surface area contributed by atoms with Crippen LogP contribution in [0.2, 0.25) is 0 Å². The summed E-state index contributed by atoms with van der Waals surface area (Å²) < 4.78 is 18.8. The van der Waals surface area contributed by atoms with Gasteiger partial charge in [-0.05, 0) is 0 Å². The van der Waals surface area contributed by atoms with Crippen LogP contribution in [0.3, 0.4) is 0 Å². The molecule has 1 heterocycles. The van der Waals surface area contributed by atoms with Crippen LogP contribution in [0.1, 0.15) is 11.7 Å². The molecule has 2 aromatic carbocycles. The van der Waals surface area contributed by atoms with E-state index in [4.69, 9.17) is 10.5 Å². The minimum atomic E-state index is -0.776. The summed E-state index contributed by atoms with van der Waals surface area (Å²) in [6.45, 7) is 0. The normalized spacial score (nSPS) is 17.3. The Hall–Kier alpha value is -2.56. The zero-order valence-corrected chi connectivity index (χ0v) is 9.89. The third-order valence-corrected chi connectivity index (χ3v) is 2.92. The zero-order valence-electron chi connectivity index (χ0n) is 9.89. The fourth-order valence-electron chi connectivity index (χ4n) is 2.06. The Kier molecular flexibility index (Phi) is 2.59. The topological polar surface area (TPSA) is 64.3 Å². The van der Waals surface area contributed by atoms with Crippen LogP contribution >= 0.6 is 0 Å². The smallest absolute Gasteiger partial charge is 0.270 e. The number of hydrogen-bond acceptors (Lipinski definition) is 3. The molecule has 1 atom stereocenters. The third-order valence-electron chi connectivity index (χ3n) is 2.92. The molecule has 1 aliphatic rings. The average molecular weight is 258 g/mol. The van der Waals surface area contributed by atoms with Crippen LogP contribution in [0.4, 0.5) is 15.8 Å². The van der Waals surface area contributed by atoms with Crippen molar-refractivity contribution in [1.29, 1.82) is 0 Å². The molecule has 0 fully saturated rings. The lowest BCUT2D eigenvalue weighted by molar-refractivity contribution is -0.123. The highest BCUT2D eigenvalue weighted by atomic mass is 19.1. The van der Waals surface area contributed by atoms with Crippen molar-refractivity contribution in [2.24, 2.45) is 0 Å². The Morgan fingerprint density at radius 3 is 2.68 bits per heavy atom. The minimum Gasteiger partial charge on any atom is -0.471 e. The molecular weight excluding hydrogens is 247 g/mol. The van der Waals surface area contributed by atoms with Crippen LogP contribution in [0.15, 0.2) is 42.5 Å². The number of carbonyl (C=O) groups excluding carboxylic acids is 1. The highest BCUT2D eigenvalue weighted by Crippen LogP contribution is 2.39. The van der Waals surface area contributed by atoms with Crippen molar-refractivity contribution in [2.45, 2.75) is 6.10 Å². The molecule has 19 heavy (non-hydrogen) atoms. The number of nitrogen functional groups attached to an aromatic ring is 1. The summed E-state index contributed by atoms with van der Waals surface area (Å²) in [4.78, 5) is 12.0. The second kappa shape index (κ2) is 4.28. The van der Waals surface area contributed by atoms with Gasteiger partial charge in [-0.15, -0.1) is 0 Å². The Balaban J connectivity index is 2.03. The number of nitrogens with one attached hydrogen (secondary N) is 1. The van der Waals surface area contributed by atoms with E-state index in [1.54, 1.807) is 12.1 Å². The molecule has 0 saturated carbocycles. The largest absolute Gasteiger partial charge is 0.471 e. The summed E-state index contributed by atoms with van der Waals surface area (Å²) in [6.07, 6.45) is -0.776. The molecule has 3 N–H and O–H groups in total. The maximum atomic E-state index is 13.2. The van der Waals surface area contributed by atoms with Gasteiger partial charge in [0.25, 0.3) is 5.91 Å². The quantitative estimate of drug-likeness (QED) is 0.772. The number of hydrogen-bond donors (Lipinski definition) is 2. The Labute approximate surface area is 109 Å². The fourth-order valence-corrected chi connectivity index (χ4v) is 2.06. The highest BCUT2D eigenvalue weighted by molar-refractivity contribution is 5.99. The third kappa shape index (κ3) is 1.99. The van der Waals surface area contributed by atoms with Crippen molar-refractivity contribution in [3.8, 4) is 5.75 Å². The molecule has 5 heteroatoms. The number of ether oxygens (including phenoxy) is 1. The summed E-state index contributed by atoms with van der Waals surface area (Å²) in [6, 6.07) is 11.4. The van der Waals surface area contributed by atoms with Crippen LogP contribution in [-0.2, 0) is 4.79 Å². The molecule has 96 valence electrons. The number of rotatable bonds is 1. The first kappa shape index (κ1) is 11.5. The number of carbonyl (C=O) groups is 1. The van der Waals surface area contributed by atoms with Gasteiger partial charge in [0.15, 0.2) is 5.75 Å². The highest BCUT2D eigenvalue weighted by Gasteiger charge is 2.30. The molecule has 2 aromatic rings. The lowest BCUT2D eigenvalue weighted by Gasteiger charge is -2.27. The molecule has 4 nitrogen and oxygen atoms in total. The first-order chi connectivity index (χ1) is 9.15. The van der Waals surface area contributed by atoms with Gasteiger partial charge >= 0.3 is 0 Å². The molecule has 0 radical (unpaired) electrons. The van der Waals surface area contributed by atoms with Gasteiger partial charge in [0, 0.05) is 17.7 Å². The maximum Gasteiger partial charge on any atom is 0.270 e. The average Bonchev–Trinajstić information content (AvgIpc) is 2.38. The molecule has 3 rings (SSSR count). The van der Waals surface area contributed by atoms with Crippen molar-refractivity contribution in [3.63, 3.8) is 0 Å². The van der Waals surface area contributed by atoms with Gasteiger partial charge in [-0.1, -0.05) is 30.3 Å². The van der Waals surface area contributed by atoms with Crippen molar-refractivity contribution in [3.05, 3.63) is 53.8 Å². The van der Waals surface area contributed by atoms with Crippen LogP contribution in [0, 0.1) is 5.82 Å². The van der Waals surface area contributed by atoms with E-state index in [-0.39, 0.29) is 17.3 Å². The van der Waals surface area contributed by atoms with E-state index in [1.807, 2.05) is 18.2 Å². The first-order valence-corrected chi connectivity index (χ1v) is 5.76. The minimum absolute atomic E-state index is 0.163.